The van der Waals surface area contributed by atoms with E-state index in [1.54, 1.807) is 7.11 Å². The minimum Gasteiger partial charge on any atom is -0.496 e. The van der Waals surface area contributed by atoms with Crippen LogP contribution in [0.3, 0.4) is 0 Å². The van der Waals surface area contributed by atoms with E-state index < -0.39 is 0 Å². The molecule has 19 heavy (non-hydrogen) atoms. The number of rotatable bonds is 10. The van der Waals surface area contributed by atoms with Crippen molar-refractivity contribution in [2.75, 3.05) is 26.9 Å². The molecule has 1 aromatic rings. The van der Waals surface area contributed by atoms with Crippen molar-refractivity contribution in [2.24, 2.45) is 0 Å². The largest absolute Gasteiger partial charge is 0.496 e. The van der Waals surface area contributed by atoms with Crippen LogP contribution in [-0.2, 0) is 11.3 Å². The zero-order valence-corrected chi connectivity index (χ0v) is 12.8. The first kappa shape index (κ1) is 18.2. The molecule has 4 heteroatoms. The Balaban J connectivity index is 0.00000324. The van der Waals surface area contributed by atoms with Gasteiger partial charge in [0.05, 0.1) is 7.11 Å². The quantitative estimate of drug-likeness (QED) is 0.669. The van der Waals surface area contributed by atoms with Gasteiger partial charge in [-0.05, 0) is 25.5 Å². The topological polar surface area (TPSA) is 30.5 Å². The number of unbranched alkanes of at least 4 members (excludes halogenated alkanes) is 1. The summed E-state index contributed by atoms with van der Waals surface area (Å²) in [5, 5.41) is 3.41. The summed E-state index contributed by atoms with van der Waals surface area (Å²) in [6, 6.07) is 8.10. The average molecular weight is 288 g/mol. The molecule has 110 valence electrons. The van der Waals surface area contributed by atoms with Gasteiger partial charge >= 0.3 is 0 Å². The molecule has 0 unspecified atom stereocenters. The van der Waals surface area contributed by atoms with Gasteiger partial charge < -0.3 is 14.8 Å². The zero-order chi connectivity index (χ0) is 13.1. The Morgan fingerprint density at radius 1 is 1.11 bits per heavy atom. The molecule has 0 aliphatic heterocycles. The van der Waals surface area contributed by atoms with E-state index >= 15 is 0 Å². The van der Waals surface area contributed by atoms with Gasteiger partial charge in [-0.15, -0.1) is 12.4 Å². The molecule has 0 bridgehead atoms. The van der Waals surface area contributed by atoms with E-state index in [4.69, 9.17) is 9.47 Å². The Bertz CT molecular complexity index is 321. The predicted octanol–water partition coefficient (Wildman–Crippen LogP) is 3.41. The van der Waals surface area contributed by atoms with Crippen molar-refractivity contribution in [3.8, 4) is 5.75 Å². The highest BCUT2D eigenvalue weighted by Crippen LogP contribution is 2.16. The van der Waals surface area contributed by atoms with Crippen LogP contribution in [0.2, 0.25) is 0 Å². The normalized spacial score (nSPS) is 10.0. The molecule has 0 amide bonds. The lowest BCUT2D eigenvalue weighted by Crippen LogP contribution is -2.17. The molecular formula is C15H26ClNO2. The molecule has 1 N–H and O–H groups in total. The van der Waals surface area contributed by atoms with Crippen molar-refractivity contribution in [1.82, 2.24) is 5.32 Å². The van der Waals surface area contributed by atoms with Crippen LogP contribution < -0.4 is 10.1 Å². The summed E-state index contributed by atoms with van der Waals surface area (Å²) in [5.41, 5.74) is 1.20. The number of hydrogen-bond acceptors (Lipinski definition) is 3. The van der Waals surface area contributed by atoms with Crippen LogP contribution in [0.5, 0.6) is 5.75 Å². The number of methoxy groups -OCH3 is 1. The Hall–Kier alpha value is -0.770. The van der Waals surface area contributed by atoms with Crippen molar-refractivity contribution < 1.29 is 9.47 Å². The number of para-hydroxylation sites is 1. The van der Waals surface area contributed by atoms with Gasteiger partial charge in [-0.2, -0.15) is 0 Å². The van der Waals surface area contributed by atoms with Crippen LogP contribution in [0.15, 0.2) is 24.3 Å². The number of halogens is 1. The van der Waals surface area contributed by atoms with Gasteiger partial charge in [0, 0.05) is 25.3 Å². The van der Waals surface area contributed by atoms with Gasteiger partial charge in [-0.3, -0.25) is 0 Å². The maximum Gasteiger partial charge on any atom is 0.123 e. The highest BCUT2D eigenvalue weighted by Gasteiger charge is 2.00. The summed E-state index contributed by atoms with van der Waals surface area (Å²) >= 11 is 0. The second-order valence-electron chi connectivity index (χ2n) is 4.31. The molecule has 0 spiro atoms. The summed E-state index contributed by atoms with van der Waals surface area (Å²) < 4.78 is 10.8. The smallest absolute Gasteiger partial charge is 0.123 e. The molecule has 0 atom stereocenters. The second-order valence-corrected chi connectivity index (χ2v) is 4.31. The first-order chi connectivity index (χ1) is 8.88. The third kappa shape index (κ3) is 8.09. The first-order valence-electron chi connectivity index (χ1n) is 6.78. The highest BCUT2D eigenvalue weighted by molar-refractivity contribution is 5.85. The van der Waals surface area contributed by atoms with Crippen LogP contribution in [0.25, 0.3) is 0 Å². The number of ether oxygens (including phenoxy) is 2. The van der Waals surface area contributed by atoms with Crippen LogP contribution in [0.1, 0.15) is 31.7 Å². The molecule has 0 heterocycles. The van der Waals surface area contributed by atoms with E-state index in [1.807, 2.05) is 18.2 Å². The number of nitrogens with one attached hydrogen (secondary N) is 1. The van der Waals surface area contributed by atoms with Crippen LogP contribution >= 0.6 is 12.4 Å². The second kappa shape index (κ2) is 12.3. The summed E-state index contributed by atoms with van der Waals surface area (Å²) in [6.07, 6.45) is 3.42. The zero-order valence-electron chi connectivity index (χ0n) is 12.0. The predicted molar refractivity (Wildman–Crippen MR) is 82.3 cm³/mol. The summed E-state index contributed by atoms with van der Waals surface area (Å²) in [6.45, 7) is 5.74. The summed E-state index contributed by atoms with van der Waals surface area (Å²) in [7, 11) is 1.71. The molecular weight excluding hydrogens is 262 g/mol. The minimum absolute atomic E-state index is 0. The average Bonchev–Trinajstić information content (AvgIpc) is 2.42. The Kier molecular flexibility index (Phi) is 11.8. The van der Waals surface area contributed by atoms with Crippen molar-refractivity contribution in [1.29, 1.82) is 0 Å². The Labute approximate surface area is 123 Å². The van der Waals surface area contributed by atoms with E-state index in [0.29, 0.717) is 0 Å². The van der Waals surface area contributed by atoms with E-state index in [2.05, 4.69) is 18.3 Å². The lowest BCUT2D eigenvalue weighted by molar-refractivity contribution is 0.128. The molecule has 1 aromatic carbocycles. The van der Waals surface area contributed by atoms with E-state index in [0.717, 1.165) is 44.9 Å². The third-order valence-corrected chi connectivity index (χ3v) is 2.79. The van der Waals surface area contributed by atoms with Gasteiger partial charge in [-0.25, -0.2) is 0 Å². The minimum atomic E-state index is 0. The SMILES string of the molecule is CCCCOCCCNCc1ccccc1OC.Cl. The molecule has 0 aromatic heterocycles. The summed E-state index contributed by atoms with van der Waals surface area (Å²) in [5.74, 6) is 0.948. The fraction of sp³-hybridized carbons (Fsp3) is 0.600. The maximum atomic E-state index is 5.51. The molecule has 0 aliphatic carbocycles. The monoisotopic (exact) mass is 287 g/mol. The lowest BCUT2D eigenvalue weighted by Gasteiger charge is -2.09. The van der Waals surface area contributed by atoms with Crippen molar-refractivity contribution in [3.63, 3.8) is 0 Å². The van der Waals surface area contributed by atoms with Crippen molar-refractivity contribution in [2.45, 2.75) is 32.7 Å². The van der Waals surface area contributed by atoms with Crippen molar-refractivity contribution >= 4 is 12.4 Å². The van der Waals surface area contributed by atoms with Crippen molar-refractivity contribution in [3.05, 3.63) is 29.8 Å². The maximum absolute atomic E-state index is 5.51. The Morgan fingerprint density at radius 3 is 2.58 bits per heavy atom. The van der Waals surface area contributed by atoms with Crippen LogP contribution in [0, 0.1) is 0 Å². The van der Waals surface area contributed by atoms with Gasteiger partial charge in [0.15, 0.2) is 0 Å². The lowest BCUT2D eigenvalue weighted by atomic mass is 10.2. The molecule has 0 saturated carbocycles. The van der Waals surface area contributed by atoms with E-state index in [-0.39, 0.29) is 12.4 Å². The Morgan fingerprint density at radius 2 is 1.84 bits per heavy atom. The molecule has 1 rings (SSSR count). The van der Waals surface area contributed by atoms with Gasteiger partial charge in [0.2, 0.25) is 0 Å². The van der Waals surface area contributed by atoms with Crippen LogP contribution in [0.4, 0.5) is 0 Å². The fourth-order valence-corrected chi connectivity index (χ4v) is 1.72. The van der Waals surface area contributed by atoms with Gasteiger partial charge in [-0.1, -0.05) is 31.5 Å². The van der Waals surface area contributed by atoms with Gasteiger partial charge in [0.1, 0.15) is 5.75 Å². The van der Waals surface area contributed by atoms with E-state index in [1.165, 1.54) is 12.0 Å². The molecule has 0 radical (unpaired) electrons. The van der Waals surface area contributed by atoms with Crippen LogP contribution in [-0.4, -0.2) is 26.9 Å². The first-order valence-corrected chi connectivity index (χ1v) is 6.78. The number of hydrogen-bond donors (Lipinski definition) is 1. The third-order valence-electron chi connectivity index (χ3n) is 2.79. The molecule has 0 saturated heterocycles. The van der Waals surface area contributed by atoms with E-state index in [9.17, 15) is 0 Å². The molecule has 0 aliphatic rings. The fourth-order valence-electron chi connectivity index (χ4n) is 1.72. The molecule has 3 nitrogen and oxygen atoms in total. The summed E-state index contributed by atoms with van der Waals surface area (Å²) in [4.78, 5) is 0. The highest BCUT2D eigenvalue weighted by atomic mass is 35.5. The van der Waals surface area contributed by atoms with Gasteiger partial charge in [0.25, 0.3) is 0 Å². The molecule has 0 fully saturated rings. The standard InChI is InChI=1S/C15H25NO2.ClH/c1-3-4-11-18-12-7-10-16-13-14-8-5-6-9-15(14)17-2;/h5-6,8-9,16H,3-4,7,10-13H2,1-2H3;1H. The number of benzene rings is 1.